The quantitative estimate of drug-likeness (QED) is 0.846. The Balaban J connectivity index is 1.63. The van der Waals surface area contributed by atoms with Crippen LogP contribution in [0.4, 0.5) is 23.0 Å². The van der Waals surface area contributed by atoms with Crippen molar-refractivity contribution in [1.29, 1.82) is 0 Å². The van der Waals surface area contributed by atoms with Gasteiger partial charge in [-0.25, -0.2) is 9.97 Å². The summed E-state index contributed by atoms with van der Waals surface area (Å²) >= 11 is 0. The maximum absolute atomic E-state index is 12.3. The van der Waals surface area contributed by atoms with E-state index in [4.69, 9.17) is 0 Å². The van der Waals surface area contributed by atoms with Crippen LogP contribution in [0.15, 0.2) is 30.3 Å². The molecule has 138 valence electrons. The van der Waals surface area contributed by atoms with Crippen LogP contribution >= 0.6 is 0 Å². The molecule has 0 saturated heterocycles. The first kappa shape index (κ1) is 18.2. The van der Waals surface area contributed by atoms with Gasteiger partial charge < -0.3 is 15.5 Å². The van der Waals surface area contributed by atoms with Gasteiger partial charge in [0, 0.05) is 37.5 Å². The standard InChI is InChI=1S/C20H27N5O/c1-14-21-18(13-19(22-14)25(2)3)23-16-9-11-17(12-10-16)24-20(26)15-7-5-4-6-8-15/h9-13,15H,4-8H2,1-3H3,(H,24,26)(H,21,22,23). The second-order valence-electron chi connectivity index (χ2n) is 7.08. The molecule has 0 atom stereocenters. The van der Waals surface area contributed by atoms with Gasteiger partial charge in [-0.1, -0.05) is 19.3 Å². The molecule has 0 radical (unpaired) electrons. The summed E-state index contributed by atoms with van der Waals surface area (Å²) in [6.45, 7) is 1.88. The Morgan fingerprint density at radius 2 is 1.69 bits per heavy atom. The molecule has 1 fully saturated rings. The number of carbonyl (C=O) groups is 1. The summed E-state index contributed by atoms with van der Waals surface area (Å²) in [5.41, 5.74) is 1.75. The molecule has 26 heavy (non-hydrogen) atoms. The molecule has 2 aromatic rings. The summed E-state index contributed by atoms with van der Waals surface area (Å²) in [7, 11) is 3.91. The SMILES string of the molecule is Cc1nc(Nc2ccc(NC(=O)C3CCCCC3)cc2)cc(N(C)C)n1. The number of aryl methyl sites for hydroxylation is 1. The number of hydrogen-bond donors (Lipinski definition) is 2. The van der Waals surface area contributed by atoms with Crippen molar-refractivity contribution in [2.45, 2.75) is 39.0 Å². The molecule has 6 nitrogen and oxygen atoms in total. The lowest BCUT2D eigenvalue weighted by Crippen LogP contribution is -2.24. The minimum Gasteiger partial charge on any atom is -0.363 e. The second kappa shape index (κ2) is 8.17. The Hall–Kier alpha value is -2.63. The van der Waals surface area contributed by atoms with Crippen molar-refractivity contribution in [2.75, 3.05) is 29.6 Å². The van der Waals surface area contributed by atoms with Gasteiger partial charge in [-0.2, -0.15) is 0 Å². The predicted octanol–water partition coefficient (Wildman–Crippen LogP) is 4.11. The van der Waals surface area contributed by atoms with Gasteiger partial charge in [0.15, 0.2) is 0 Å². The van der Waals surface area contributed by atoms with E-state index in [2.05, 4.69) is 20.6 Å². The molecule has 0 bridgehead atoms. The van der Waals surface area contributed by atoms with Crippen molar-refractivity contribution in [3.05, 3.63) is 36.2 Å². The maximum atomic E-state index is 12.3. The third-order valence-corrected chi connectivity index (χ3v) is 4.68. The van der Waals surface area contributed by atoms with E-state index in [1.54, 1.807) is 0 Å². The van der Waals surface area contributed by atoms with E-state index in [0.29, 0.717) is 0 Å². The molecular weight excluding hydrogens is 326 g/mol. The molecule has 0 unspecified atom stereocenters. The molecule has 1 amide bonds. The van der Waals surface area contributed by atoms with Crippen LogP contribution in [-0.2, 0) is 4.79 Å². The normalized spacial score (nSPS) is 14.7. The highest BCUT2D eigenvalue weighted by Gasteiger charge is 2.20. The van der Waals surface area contributed by atoms with E-state index < -0.39 is 0 Å². The molecule has 3 rings (SSSR count). The van der Waals surface area contributed by atoms with Crippen LogP contribution in [0.25, 0.3) is 0 Å². The number of carbonyl (C=O) groups excluding carboxylic acids is 1. The van der Waals surface area contributed by atoms with Crippen molar-refractivity contribution in [1.82, 2.24) is 9.97 Å². The molecule has 1 aliphatic carbocycles. The van der Waals surface area contributed by atoms with Crippen LogP contribution in [0.1, 0.15) is 37.9 Å². The zero-order valence-electron chi connectivity index (χ0n) is 15.7. The fourth-order valence-corrected chi connectivity index (χ4v) is 3.24. The molecule has 1 aromatic carbocycles. The third kappa shape index (κ3) is 4.71. The maximum Gasteiger partial charge on any atom is 0.227 e. The summed E-state index contributed by atoms with van der Waals surface area (Å²) < 4.78 is 0. The summed E-state index contributed by atoms with van der Waals surface area (Å²) in [5.74, 6) is 2.63. The molecule has 0 aliphatic heterocycles. The average molecular weight is 353 g/mol. The molecule has 1 heterocycles. The van der Waals surface area contributed by atoms with E-state index in [1.807, 2.05) is 56.3 Å². The van der Waals surface area contributed by atoms with Crippen LogP contribution in [0.2, 0.25) is 0 Å². The number of rotatable bonds is 5. The summed E-state index contributed by atoms with van der Waals surface area (Å²) in [5, 5.41) is 6.33. The van der Waals surface area contributed by atoms with Gasteiger partial charge >= 0.3 is 0 Å². The minimum atomic E-state index is 0.146. The zero-order valence-corrected chi connectivity index (χ0v) is 15.7. The highest BCUT2D eigenvalue weighted by atomic mass is 16.1. The molecule has 1 saturated carbocycles. The lowest BCUT2D eigenvalue weighted by atomic mass is 9.88. The fourth-order valence-electron chi connectivity index (χ4n) is 3.24. The largest absolute Gasteiger partial charge is 0.363 e. The Bertz CT molecular complexity index is 751. The number of nitrogens with zero attached hydrogens (tertiary/aromatic N) is 3. The van der Waals surface area contributed by atoms with E-state index in [0.717, 1.165) is 54.5 Å². The van der Waals surface area contributed by atoms with Gasteiger partial charge in [-0.05, 0) is 44.0 Å². The summed E-state index contributed by atoms with van der Waals surface area (Å²) in [4.78, 5) is 23.1. The zero-order chi connectivity index (χ0) is 18.5. The van der Waals surface area contributed by atoms with Crippen LogP contribution in [0, 0.1) is 12.8 Å². The minimum absolute atomic E-state index is 0.146. The smallest absolute Gasteiger partial charge is 0.227 e. The summed E-state index contributed by atoms with van der Waals surface area (Å²) in [6, 6.07) is 9.65. The highest BCUT2D eigenvalue weighted by molar-refractivity contribution is 5.92. The molecule has 0 spiro atoms. The van der Waals surface area contributed by atoms with Gasteiger partial charge in [-0.15, -0.1) is 0 Å². The third-order valence-electron chi connectivity index (χ3n) is 4.68. The van der Waals surface area contributed by atoms with Gasteiger partial charge in [0.25, 0.3) is 0 Å². The molecule has 1 aliphatic rings. The number of nitrogens with one attached hydrogen (secondary N) is 2. The lowest BCUT2D eigenvalue weighted by molar-refractivity contribution is -0.120. The number of aromatic nitrogens is 2. The van der Waals surface area contributed by atoms with E-state index in [-0.39, 0.29) is 11.8 Å². The van der Waals surface area contributed by atoms with Crippen LogP contribution in [-0.4, -0.2) is 30.0 Å². The van der Waals surface area contributed by atoms with Crippen molar-refractivity contribution in [3.63, 3.8) is 0 Å². The monoisotopic (exact) mass is 353 g/mol. The van der Waals surface area contributed by atoms with Crippen molar-refractivity contribution >= 4 is 28.9 Å². The Morgan fingerprint density at radius 1 is 1.04 bits per heavy atom. The lowest BCUT2D eigenvalue weighted by Gasteiger charge is -2.20. The first-order valence-electron chi connectivity index (χ1n) is 9.22. The van der Waals surface area contributed by atoms with Gasteiger partial charge in [-0.3, -0.25) is 4.79 Å². The molecule has 1 aromatic heterocycles. The number of benzene rings is 1. The Morgan fingerprint density at radius 3 is 2.35 bits per heavy atom. The fraction of sp³-hybridized carbons (Fsp3) is 0.450. The van der Waals surface area contributed by atoms with Crippen LogP contribution in [0.3, 0.4) is 0 Å². The van der Waals surface area contributed by atoms with Gasteiger partial charge in [0.2, 0.25) is 5.91 Å². The topological polar surface area (TPSA) is 70.2 Å². The van der Waals surface area contributed by atoms with E-state index >= 15 is 0 Å². The van der Waals surface area contributed by atoms with E-state index in [9.17, 15) is 4.79 Å². The van der Waals surface area contributed by atoms with Gasteiger partial charge in [0.05, 0.1) is 0 Å². The van der Waals surface area contributed by atoms with Crippen LogP contribution < -0.4 is 15.5 Å². The second-order valence-corrected chi connectivity index (χ2v) is 7.08. The molecule has 6 heteroatoms. The molecular formula is C20H27N5O. The van der Waals surface area contributed by atoms with Crippen molar-refractivity contribution < 1.29 is 4.79 Å². The predicted molar refractivity (Wildman–Crippen MR) is 106 cm³/mol. The van der Waals surface area contributed by atoms with Crippen molar-refractivity contribution in [2.24, 2.45) is 5.92 Å². The molecule has 2 N–H and O–H groups in total. The first-order chi connectivity index (χ1) is 12.5. The Labute approximate surface area is 155 Å². The average Bonchev–Trinajstić information content (AvgIpc) is 2.63. The number of hydrogen-bond acceptors (Lipinski definition) is 5. The number of amides is 1. The number of anilines is 4. The summed E-state index contributed by atoms with van der Waals surface area (Å²) in [6.07, 6.45) is 5.59. The first-order valence-corrected chi connectivity index (χ1v) is 9.22. The van der Waals surface area contributed by atoms with E-state index in [1.165, 1.54) is 6.42 Å². The highest BCUT2D eigenvalue weighted by Crippen LogP contribution is 2.25. The van der Waals surface area contributed by atoms with Crippen LogP contribution in [0.5, 0.6) is 0 Å². The Kier molecular flexibility index (Phi) is 5.71. The van der Waals surface area contributed by atoms with Crippen molar-refractivity contribution in [3.8, 4) is 0 Å². The van der Waals surface area contributed by atoms with Gasteiger partial charge in [0.1, 0.15) is 17.5 Å².